The van der Waals surface area contributed by atoms with Crippen molar-refractivity contribution in [1.82, 2.24) is 19.8 Å². The lowest BCUT2D eigenvalue weighted by Crippen LogP contribution is -2.59. The molecule has 2 saturated heterocycles. The van der Waals surface area contributed by atoms with Gasteiger partial charge in [-0.2, -0.15) is 5.26 Å². The molecule has 3 amide bonds. The van der Waals surface area contributed by atoms with Gasteiger partial charge in [-0.1, -0.05) is 39.0 Å². The fourth-order valence-corrected chi connectivity index (χ4v) is 7.34. The summed E-state index contributed by atoms with van der Waals surface area (Å²) in [6, 6.07) is 15.7. The summed E-state index contributed by atoms with van der Waals surface area (Å²) < 4.78 is 28.6. The van der Waals surface area contributed by atoms with Crippen LogP contribution in [0.15, 0.2) is 59.5 Å². The number of hydrogen-bond acceptors (Lipinski definition) is 7. The molecular formula is C29H31N5O5S2. The minimum atomic E-state index is -3.93. The van der Waals surface area contributed by atoms with E-state index in [2.05, 4.69) is 10.0 Å². The summed E-state index contributed by atoms with van der Waals surface area (Å²) in [4.78, 5) is 43.8. The Morgan fingerprint density at radius 1 is 1.05 bits per heavy atom. The van der Waals surface area contributed by atoms with Crippen LogP contribution in [0.2, 0.25) is 0 Å². The van der Waals surface area contributed by atoms with E-state index in [1.54, 1.807) is 9.80 Å². The van der Waals surface area contributed by atoms with Crippen molar-refractivity contribution in [2.45, 2.75) is 50.2 Å². The molecular weight excluding hydrogens is 562 g/mol. The molecule has 1 unspecified atom stereocenters. The molecule has 5 rings (SSSR count). The first-order valence-electron chi connectivity index (χ1n) is 13.3. The maximum Gasteiger partial charge on any atom is 0.262 e. The second kappa shape index (κ2) is 10.9. The molecule has 3 heterocycles. The second-order valence-electron chi connectivity index (χ2n) is 11.5. The zero-order valence-electron chi connectivity index (χ0n) is 23.0. The number of carbonyl (C=O) groups excluding carboxylic acids is 3. The number of nitrogens with zero attached hydrogens (tertiary/aromatic N) is 3. The molecule has 2 aromatic carbocycles. The standard InChI is InChI=1S/C29H31N5O5S2/c1-29(2,3)26(32-27(36)24-12-19-6-4-5-7-23(19)40-24)28(37)34-17-20-13-21(34)16-33(20)25(35)15-31-41(38,39)22-10-8-18(14-30)9-11-22/h4-12,20-21,26,31H,13,15-17H2,1-3H3,(H,32,36)/t20-,21-,26?/m0/s1. The number of thiophene rings is 1. The van der Waals surface area contributed by atoms with Gasteiger partial charge in [-0.05, 0) is 53.6 Å². The lowest BCUT2D eigenvalue weighted by atomic mass is 9.85. The van der Waals surface area contributed by atoms with Crippen LogP contribution < -0.4 is 10.0 Å². The number of rotatable bonds is 7. The minimum Gasteiger partial charge on any atom is -0.339 e. The number of carbonyl (C=O) groups is 3. The summed E-state index contributed by atoms with van der Waals surface area (Å²) in [5.74, 6) is -0.851. The second-order valence-corrected chi connectivity index (χ2v) is 14.3. The Morgan fingerprint density at radius 3 is 2.32 bits per heavy atom. The van der Waals surface area contributed by atoms with E-state index in [-0.39, 0.29) is 34.7 Å². The first kappa shape index (κ1) is 28.7. The van der Waals surface area contributed by atoms with Gasteiger partial charge in [0.2, 0.25) is 21.8 Å². The van der Waals surface area contributed by atoms with Gasteiger partial charge in [-0.15, -0.1) is 11.3 Å². The molecule has 0 radical (unpaired) electrons. The summed E-state index contributed by atoms with van der Waals surface area (Å²) in [5.41, 5.74) is -0.217. The highest BCUT2D eigenvalue weighted by molar-refractivity contribution is 7.89. The maximum absolute atomic E-state index is 13.8. The quantitative estimate of drug-likeness (QED) is 0.432. The largest absolute Gasteiger partial charge is 0.339 e. The number of hydrogen-bond donors (Lipinski definition) is 2. The fraction of sp³-hybridized carbons (Fsp3) is 0.379. The van der Waals surface area contributed by atoms with E-state index in [4.69, 9.17) is 5.26 Å². The van der Waals surface area contributed by atoms with Crippen LogP contribution in [0.3, 0.4) is 0 Å². The summed E-state index contributed by atoms with van der Waals surface area (Å²) >= 11 is 1.38. The number of nitriles is 1. The van der Waals surface area contributed by atoms with Gasteiger partial charge in [0.05, 0.1) is 40.0 Å². The van der Waals surface area contributed by atoms with E-state index in [9.17, 15) is 22.8 Å². The van der Waals surface area contributed by atoms with Crippen LogP contribution in [0.1, 0.15) is 42.4 Å². The van der Waals surface area contributed by atoms with Crippen molar-refractivity contribution in [3.05, 3.63) is 65.0 Å². The molecule has 3 aromatic rings. The Morgan fingerprint density at radius 2 is 1.71 bits per heavy atom. The molecule has 41 heavy (non-hydrogen) atoms. The van der Waals surface area contributed by atoms with Crippen molar-refractivity contribution < 1.29 is 22.8 Å². The lowest BCUT2D eigenvalue weighted by molar-refractivity contribution is -0.142. The van der Waals surface area contributed by atoms with Crippen LogP contribution >= 0.6 is 11.3 Å². The van der Waals surface area contributed by atoms with Gasteiger partial charge < -0.3 is 15.1 Å². The van der Waals surface area contributed by atoms with Gasteiger partial charge in [0.15, 0.2) is 0 Å². The number of likely N-dealkylation sites (tertiary alicyclic amines) is 2. The first-order chi connectivity index (χ1) is 19.4. The number of benzene rings is 2. The Hall–Kier alpha value is -3.79. The van der Waals surface area contributed by atoms with E-state index >= 15 is 0 Å². The number of piperazine rings is 1. The molecule has 2 N–H and O–H groups in total. The van der Waals surface area contributed by atoms with E-state index < -0.39 is 28.0 Å². The lowest BCUT2D eigenvalue weighted by Gasteiger charge is -2.39. The predicted octanol–water partition coefficient (Wildman–Crippen LogP) is 2.71. The Balaban J connectivity index is 1.21. The Labute approximate surface area is 243 Å². The van der Waals surface area contributed by atoms with Crippen LogP contribution in [-0.2, 0) is 19.6 Å². The number of amides is 3. The number of sulfonamides is 1. The predicted molar refractivity (Wildman–Crippen MR) is 154 cm³/mol. The first-order valence-corrected chi connectivity index (χ1v) is 15.6. The third kappa shape index (κ3) is 5.84. The summed E-state index contributed by atoms with van der Waals surface area (Å²) in [5, 5.41) is 12.8. The molecule has 12 heteroatoms. The Kier molecular flexibility index (Phi) is 7.63. The smallest absolute Gasteiger partial charge is 0.262 e. The summed E-state index contributed by atoms with van der Waals surface area (Å²) in [6.45, 7) is 5.94. The van der Waals surface area contributed by atoms with Crippen LogP contribution in [0.5, 0.6) is 0 Å². The molecule has 0 aliphatic carbocycles. The average Bonchev–Trinajstić information content (AvgIpc) is 3.68. The molecule has 2 aliphatic heterocycles. The molecule has 2 fully saturated rings. The SMILES string of the molecule is CC(C)(C)C(NC(=O)c1cc2ccccc2s1)C(=O)N1C[C@@H]2C[C@H]1CN2C(=O)CNS(=O)(=O)c1ccc(C#N)cc1. The average molecular weight is 594 g/mol. The van der Waals surface area contributed by atoms with Gasteiger partial charge in [-0.25, -0.2) is 13.1 Å². The summed E-state index contributed by atoms with van der Waals surface area (Å²) in [7, 11) is -3.93. The molecule has 1 aromatic heterocycles. The molecule has 0 saturated carbocycles. The van der Waals surface area contributed by atoms with Gasteiger partial charge in [0.1, 0.15) is 6.04 Å². The maximum atomic E-state index is 13.8. The third-order valence-electron chi connectivity index (χ3n) is 7.59. The molecule has 2 aliphatic rings. The number of nitrogens with one attached hydrogen (secondary N) is 2. The summed E-state index contributed by atoms with van der Waals surface area (Å²) in [6.07, 6.45) is 0.598. The van der Waals surface area contributed by atoms with Crippen molar-refractivity contribution in [3.63, 3.8) is 0 Å². The van der Waals surface area contributed by atoms with Crippen molar-refractivity contribution in [1.29, 1.82) is 5.26 Å². The van der Waals surface area contributed by atoms with Crippen LogP contribution in [0.25, 0.3) is 10.1 Å². The number of fused-ring (bicyclic) bond motifs is 3. The molecule has 2 bridgehead atoms. The van der Waals surface area contributed by atoms with Crippen molar-refractivity contribution in [2.75, 3.05) is 19.6 Å². The van der Waals surface area contributed by atoms with Crippen LogP contribution in [0.4, 0.5) is 0 Å². The van der Waals surface area contributed by atoms with E-state index in [1.807, 2.05) is 57.2 Å². The molecule has 3 atom stereocenters. The fourth-order valence-electron chi connectivity index (χ4n) is 5.40. The van der Waals surface area contributed by atoms with Crippen LogP contribution in [-0.4, -0.2) is 73.7 Å². The topological polar surface area (TPSA) is 140 Å². The van der Waals surface area contributed by atoms with Gasteiger partial charge in [-0.3, -0.25) is 14.4 Å². The monoisotopic (exact) mass is 593 g/mol. The highest BCUT2D eigenvalue weighted by atomic mass is 32.2. The van der Waals surface area contributed by atoms with Crippen molar-refractivity contribution >= 4 is 49.2 Å². The highest BCUT2D eigenvalue weighted by Crippen LogP contribution is 2.34. The third-order valence-corrected chi connectivity index (χ3v) is 10.1. The molecule has 214 valence electrons. The zero-order chi connectivity index (χ0) is 29.5. The van der Waals surface area contributed by atoms with Crippen molar-refractivity contribution in [3.8, 4) is 6.07 Å². The normalized spacial score (nSPS) is 19.3. The van der Waals surface area contributed by atoms with E-state index in [0.29, 0.717) is 30.0 Å². The van der Waals surface area contributed by atoms with Crippen molar-refractivity contribution in [2.24, 2.45) is 5.41 Å². The zero-order valence-corrected chi connectivity index (χ0v) is 24.6. The van der Waals surface area contributed by atoms with Gasteiger partial charge >= 0.3 is 0 Å². The van der Waals surface area contributed by atoms with Gasteiger partial charge in [0, 0.05) is 17.8 Å². The Bertz CT molecular complexity index is 1620. The molecule has 0 spiro atoms. The van der Waals surface area contributed by atoms with E-state index in [1.165, 1.54) is 35.6 Å². The minimum absolute atomic E-state index is 0.0325. The highest BCUT2D eigenvalue weighted by Gasteiger charge is 2.49. The van der Waals surface area contributed by atoms with E-state index in [0.717, 1.165) is 10.1 Å². The molecule has 10 nitrogen and oxygen atoms in total. The van der Waals surface area contributed by atoms with Gasteiger partial charge in [0.25, 0.3) is 5.91 Å². The van der Waals surface area contributed by atoms with Crippen LogP contribution in [0, 0.1) is 16.7 Å².